The normalized spacial score (nSPS) is 33.6. The van der Waals surface area contributed by atoms with Gasteiger partial charge in [0.1, 0.15) is 5.54 Å². The van der Waals surface area contributed by atoms with E-state index >= 15 is 0 Å². The van der Waals surface area contributed by atoms with Crippen molar-refractivity contribution in [3.63, 3.8) is 0 Å². The second-order valence-corrected chi connectivity index (χ2v) is 8.52. The van der Waals surface area contributed by atoms with Crippen LogP contribution in [0.1, 0.15) is 24.0 Å². The first-order valence-electron chi connectivity index (χ1n) is 9.66. The molecule has 7 nitrogen and oxygen atoms in total. The molecule has 1 spiro atoms. The van der Waals surface area contributed by atoms with Crippen LogP contribution in [0.25, 0.3) is 0 Å². The van der Waals surface area contributed by atoms with Crippen LogP contribution in [0.5, 0.6) is 0 Å². The van der Waals surface area contributed by atoms with Gasteiger partial charge >= 0.3 is 0 Å². The highest BCUT2D eigenvalue weighted by atomic mass is 35.5. The molecule has 4 aliphatic heterocycles. The number of carbonyl (C=O) groups is 3. The molecule has 8 heteroatoms. The highest BCUT2D eigenvalue weighted by molar-refractivity contribution is 6.35. The Balaban J connectivity index is 1.71. The molecule has 0 aromatic heterocycles. The highest BCUT2D eigenvalue weighted by Crippen LogP contribution is 2.61. The lowest BCUT2D eigenvalue weighted by Crippen LogP contribution is -2.54. The van der Waals surface area contributed by atoms with Gasteiger partial charge in [-0.1, -0.05) is 17.7 Å². The van der Waals surface area contributed by atoms with Crippen molar-refractivity contribution >= 4 is 35.0 Å². The maximum absolute atomic E-state index is 13.5. The molecule has 0 radical (unpaired) electrons. The summed E-state index contributed by atoms with van der Waals surface area (Å²) in [7, 11) is 1.54. The largest absolute Gasteiger partial charge is 0.383 e. The lowest BCUT2D eigenvalue weighted by molar-refractivity contribution is -0.146. The van der Waals surface area contributed by atoms with Crippen LogP contribution in [0.3, 0.4) is 0 Å². The summed E-state index contributed by atoms with van der Waals surface area (Å²) in [5.74, 6) is -1.92. The number of halogens is 1. The number of aryl methyl sites for hydroxylation is 1. The third-order valence-corrected chi connectivity index (χ3v) is 7.11. The Bertz CT molecular complexity index is 919. The molecule has 1 aromatic carbocycles. The number of nitrogens with zero attached hydrogens (tertiary/aromatic N) is 2. The SMILES string of the molecule is COCCN1C(=O)C2C3CCCN3C3(C(=O)Nc4c(Cl)cc(C)cc43)C2C1=O. The van der Waals surface area contributed by atoms with E-state index in [1.165, 1.54) is 12.0 Å². The van der Waals surface area contributed by atoms with Gasteiger partial charge in [-0.2, -0.15) is 0 Å². The number of rotatable bonds is 3. The molecule has 3 amide bonds. The van der Waals surface area contributed by atoms with E-state index in [9.17, 15) is 14.4 Å². The fourth-order valence-corrected chi connectivity index (χ4v) is 6.18. The molecule has 0 aliphatic carbocycles. The van der Waals surface area contributed by atoms with Crippen molar-refractivity contribution in [3.8, 4) is 0 Å². The van der Waals surface area contributed by atoms with Gasteiger partial charge < -0.3 is 10.1 Å². The second-order valence-electron chi connectivity index (χ2n) is 8.12. The van der Waals surface area contributed by atoms with Crippen molar-refractivity contribution in [3.05, 3.63) is 28.3 Å². The molecular formula is C20H22ClN3O4. The third kappa shape index (κ3) is 1.99. The average Bonchev–Trinajstić information content (AvgIpc) is 3.34. The van der Waals surface area contributed by atoms with Gasteiger partial charge in [0.05, 0.1) is 35.7 Å². The van der Waals surface area contributed by atoms with Gasteiger partial charge in [-0.25, -0.2) is 0 Å². The van der Waals surface area contributed by atoms with Gasteiger partial charge in [0.25, 0.3) is 5.91 Å². The van der Waals surface area contributed by atoms with Crippen molar-refractivity contribution in [1.29, 1.82) is 0 Å². The molecule has 0 bridgehead atoms. The monoisotopic (exact) mass is 403 g/mol. The van der Waals surface area contributed by atoms with E-state index in [0.29, 0.717) is 17.3 Å². The maximum atomic E-state index is 13.5. The zero-order valence-corrected chi connectivity index (χ0v) is 16.6. The predicted molar refractivity (Wildman–Crippen MR) is 102 cm³/mol. The number of anilines is 1. The van der Waals surface area contributed by atoms with E-state index in [0.717, 1.165) is 24.0 Å². The summed E-state index contributed by atoms with van der Waals surface area (Å²) < 4.78 is 5.08. The van der Waals surface area contributed by atoms with Crippen molar-refractivity contribution in [2.24, 2.45) is 11.8 Å². The number of hydrogen-bond acceptors (Lipinski definition) is 5. The van der Waals surface area contributed by atoms with Crippen molar-refractivity contribution in [2.75, 3.05) is 32.1 Å². The van der Waals surface area contributed by atoms with E-state index in [4.69, 9.17) is 16.3 Å². The van der Waals surface area contributed by atoms with Gasteiger partial charge in [-0.05, 0) is 37.9 Å². The zero-order chi connectivity index (χ0) is 19.8. The molecule has 3 fully saturated rings. The number of hydrogen-bond donors (Lipinski definition) is 1. The first kappa shape index (κ1) is 18.1. The molecule has 4 heterocycles. The van der Waals surface area contributed by atoms with Crippen LogP contribution in [-0.2, 0) is 24.7 Å². The number of fused-ring (bicyclic) bond motifs is 7. The van der Waals surface area contributed by atoms with E-state index in [1.807, 2.05) is 13.0 Å². The highest BCUT2D eigenvalue weighted by Gasteiger charge is 2.74. The Kier molecular flexibility index (Phi) is 3.89. The Labute approximate surface area is 167 Å². The number of amides is 3. The van der Waals surface area contributed by atoms with Crippen LogP contribution in [0.2, 0.25) is 5.02 Å². The predicted octanol–water partition coefficient (Wildman–Crippen LogP) is 1.52. The molecule has 1 N–H and O–H groups in total. The molecule has 4 aliphatic rings. The number of methoxy groups -OCH3 is 1. The standard InChI is InChI=1S/C20H22ClN3O4/c1-10-8-11-16(12(21)9-10)22-19(27)20(11)15-14(13-4-3-5-24(13)20)17(25)23(18(15)26)6-7-28-2/h8-9,13-15H,3-7H2,1-2H3,(H,22,27). The van der Waals surface area contributed by atoms with Crippen molar-refractivity contribution in [1.82, 2.24) is 9.80 Å². The van der Waals surface area contributed by atoms with E-state index in [-0.39, 0.29) is 36.9 Å². The molecule has 0 saturated carbocycles. The summed E-state index contributed by atoms with van der Waals surface area (Å²) in [6, 6.07) is 3.64. The van der Waals surface area contributed by atoms with Gasteiger partial charge in [-0.15, -0.1) is 0 Å². The summed E-state index contributed by atoms with van der Waals surface area (Å²) in [6.07, 6.45) is 1.71. The number of nitrogens with one attached hydrogen (secondary N) is 1. The number of likely N-dealkylation sites (tertiary alicyclic amines) is 1. The third-order valence-electron chi connectivity index (χ3n) is 6.81. The number of benzene rings is 1. The lowest BCUT2D eigenvalue weighted by atomic mass is 9.75. The lowest BCUT2D eigenvalue weighted by Gasteiger charge is -2.36. The van der Waals surface area contributed by atoms with E-state index in [2.05, 4.69) is 10.2 Å². The Hall–Kier alpha value is -1.96. The van der Waals surface area contributed by atoms with Crippen LogP contribution in [0, 0.1) is 18.8 Å². The molecule has 4 atom stereocenters. The van der Waals surface area contributed by atoms with Gasteiger partial charge in [0.15, 0.2) is 0 Å². The van der Waals surface area contributed by atoms with Crippen LogP contribution in [0.4, 0.5) is 5.69 Å². The molecule has 3 saturated heterocycles. The molecule has 4 unspecified atom stereocenters. The Morgan fingerprint density at radius 3 is 2.82 bits per heavy atom. The summed E-state index contributed by atoms with van der Waals surface area (Å²) in [5, 5.41) is 3.39. The topological polar surface area (TPSA) is 79.0 Å². The summed E-state index contributed by atoms with van der Waals surface area (Å²) >= 11 is 6.44. The second kappa shape index (κ2) is 6.02. The zero-order valence-electron chi connectivity index (χ0n) is 15.8. The van der Waals surface area contributed by atoms with Gasteiger partial charge in [-0.3, -0.25) is 24.2 Å². The first-order chi connectivity index (χ1) is 13.4. The van der Waals surface area contributed by atoms with E-state index in [1.54, 1.807) is 6.07 Å². The number of carbonyl (C=O) groups excluding carboxylic acids is 3. The summed E-state index contributed by atoms with van der Waals surface area (Å²) in [5.41, 5.74) is 1.06. The minimum Gasteiger partial charge on any atom is -0.383 e. The number of ether oxygens (including phenoxy) is 1. The van der Waals surface area contributed by atoms with Crippen LogP contribution < -0.4 is 5.32 Å². The summed E-state index contributed by atoms with van der Waals surface area (Å²) in [6.45, 7) is 3.11. The quantitative estimate of drug-likeness (QED) is 0.774. The molecule has 1 aromatic rings. The maximum Gasteiger partial charge on any atom is 0.250 e. The number of imide groups is 1. The Morgan fingerprint density at radius 1 is 1.29 bits per heavy atom. The van der Waals surface area contributed by atoms with Crippen LogP contribution >= 0.6 is 11.6 Å². The van der Waals surface area contributed by atoms with Crippen molar-refractivity contribution < 1.29 is 19.1 Å². The van der Waals surface area contributed by atoms with Gasteiger partial charge in [0, 0.05) is 18.7 Å². The minimum atomic E-state index is -1.16. The molecular weight excluding hydrogens is 382 g/mol. The van der Waals surface area contributed by atoms with Crippen LogP contribution in [-0.4, -0.2) is 60.4 Å². The smallest absolute Gasteiger partial charge is 0.250 e. The Morgan fingerprint density at radius 2 is 2.07 bits per heavy atom. The molecule has 28 heavy (non-hydrogen) atoms. The summed E-state index contributed by atoms with van der Waals surface area (Å²) in [4.78, 5) is 43.5. The average molecular weight is 404 g/mol. The van der Waals surface area contributed by atoms with Crippen molar-refractivity contribution in [2.45, 2.75) is 31.3 Å². The molecule has 148 valence electrons. The van der Waals surface area contributed by atoms with E-state index < -0.39 is 17.4 Å². The minimum absolute atomic E-state index is 0.106. The van der Waals surface area contributed by atoms with Gasteiger partial charge in [0.2, 0.25) is 11.8 Å². The van der Waals surface area contributed by atoms with Crippen LogP contribution in [0.15, 0.2) is 12.1 Å². The fraction of sp³-hybridized carbons (Fsp3) is 0.550. The first-order valence-corrected chi connectivity index (χ1v) is 10.0. The fourth-order valence-electron chi connectivity index (χ4n) is 5.86. The molecule has 5 rings (SSSR count).